The van der Waals surface area contributed by atoms with Gasteiger partial charge in [0.15, 0.2) is 17.3 Å². The van der Waals surface area contributed by atoms with E-state index in [-0.39, 0.29) is 18.2 Å². The first-order valence-electron chi connectivity index (χ1n) is 9.53. The highest BCUT2D eigenvalue weighted by molar-refractivity contribution is 6.03. The van der Waals surface area contributed by atoms with Gasteiger partial charge in [-0.15, -0.1) is 0 Å². The fourth-order valence-corrected chi connectivity index (χ4v) is 3.18. The lowest BCUT2D eigenvalue weighted by Gasteiger charge is -2.32. The first-order chi connectivity index (χ1) is 14.3. The molecule has 2 rings (SSSR count). The number of rotatable bonds is 9. The normalized spacial score (nSPS) is 11.5. The maximum Gasteiger partial charge on any atom is 0.328 e. The topological polar surface area (TPSA) is 82.1 Å². The average molecular weight is 413 g/mol. The lowest BCUT2D eigenvalue weighted by molar-refractivity contribution is -0.147. The van der Waals surface area contributed by atoms with Crippen molar-refractivity contribution in [2.45, 2.75) is 19.9 Å². The van der Waals surface area contributed by atoms with Gasteiger partial charge in [0.2, 0.25) is 0 Å². The molecule has 0 bridgehead atoms. The summed E-state index contributed by atoms with van der Waals surface area (Å²) in [6, 6.07) is 12.4. The number of carbonyl (C=O) groups is 3. The Balaban J connectivity index is 2.42. The second-order valence-electron chi connectivity index (χ2n) is 7.00. The van der Waals surface area contributed by atoms with Gasteiger partial charge in [0, 0.05) is 11.1 Å². The minimum Gasteiger partial charge on any atom is -0.493 e. The molecule has 0 heterocycles. The number of esters is 1. The Hall–Kier alpha value is -3.35. The molecular formula is C23H27NO6. The number of ether oxygens (including phenoxy) is 3. The van der Waals surface area contributed by atoms with Crippen molar-refractivity contribution in [1.29, 1.82) is 0 Å². The summed E-state index contributed by atoms with van der Waals surface area (Å²) >= 11 is 0. The van der Waals surface area contributed by atoms with E-state index in [9.17, 15) is 14.4 Å². The van der Waals surface area contributed by atoms with Gasteiger partial charge in [0.1, 0.15) is 6.04 Å². The van der Waals surface area contributed by atoms with Crippen LogP contribution in [-0.4, -0.2) is 56.5 Å². The van der Waals surface area contributed by atoms with Crippen molar-refractivity contribution >= 4 is 17.7 Å². The summed E-state index contributed by atoms with van der Waals surface area (Å²) < 4.78 is 15.4. The first-order valence-corrected chi connectivity index (χ1v) is 9.53. The molecule has 1 amide bonds. The molecule has 1 unspecified atom stereocenters. The summed E-state index contributed by atoms with van der Waals surface area (Å²) in [7, 11) is 4.24. The van der Waals surface area contributed by atoms with E-state index in [1.54, 1.807) is 62.4 Å². The average Bonchev–Trinajstić information content (AvgIpc) is 2.77. The quantitative estimate of drug-likeness (QED) is 0.464. The lowest BCUT2D eigenvalue weighted by atomic mass is 9.99. The number of methoxy groups -OCH3 is 3. The molecule has 0 aromatic heterocycles. The maximum absolute atomic E-state index is 13.2. The van der Waals surface area contributed by atoms with E-state index in [0.29, 0.717) is 22.6 Å². The SMILES string of the molecule is COC(=O)C(C(C)C)N(CC(=O)c1ccc(OC)c(OC)c1)C(=O)c1ccccc1. The Kier molecular flexibility index (Phi) is 7.98. The van der Waals surface area contributed by atoms with E-state index in [2.05, 4.69) is 0 Å². The van der Waals surface area contributed by atoms with Crippen LogP contribution in [0.1, 0.15) is 34.6 Å². The van der Waals surface area contributed by atoms with Gasteiger partial charge in [-0.05, 0) is 36.2 Å². The van der Waals surface area contributed by atoms with E-state index in [1.165, 1.54) is 26.2 Å². The zero-order valence-corrected chi connectivity index (χ0v) is 17.9. The van der Waals surface area contributed by atoms with E-state index >= 15 is 0 Å². The molecule has 0 radical (unpaired) electrons. The predicted molar refractivity (Wildman–Crippen MR) is 112 cm³/mol. The predicted octanol–water partition coefficient (Wildman–Crippen LogP) is 3.23. The van der Waals surface area contributed by atoms with Crippen LogP contribution in [-0.2, 0) is 9.53 Å². The monoisotopic (exact) mass is 413 g/mol. The Morgan fingerprint density at radius 2 is 1.50 bits per heavy atom. The summed E-state index contributed by atoms with van der Waals surface area (Å²) in [5.41, 5.74) is 0.720. The first kappa shape index (κ1) is 22.9. The third-order valence-corrected chi connectivity index (χ3v) is 4.71. The van der Waals surface area contributed by atoms with Gasteiger partial charge < -0.3 is 19.1 Å². The maximum atomic E-state index is 13.2. The molecular weight excluding hydrogens is 386 g/mol. The molecule has 1 atom stereocenters. The highest BCUT2D eigenvalue weighted by atomic mass is 16.5. The number of benzene rings is 2. The fraction of sp³-hybridized carbons (Fsp3) is 0.348. The van der Waals surface area contributed by atoms with Gasteiger partial charge in [0.25, 0.3) is 5.91 Å². The fourth-order valence-electron chi connectivity index (χ4n) is 3.18. The van der Waals surface area contributed by atoms with E-state index in [1.807, 2.05) is 0 Å². The van der Waals surface area contributed by atoms with Gasteiger partial charge in [-0.1, -0.05) is 32.0 Å². The van der Waals surface area contributed by atoms with Crippen molar-refractivity contribution in [1.82, 2.24) is 4.90 Å². The van der Waals surface area contributed by atoms with Crippen LogP contribution < -0.4 is 9.47 Å². The van der Waals surface area contributed by atoms with Crippen LogP contribution in [0, 0.1) is 5.92 Å². The van der Waals surface area contributed by atoms with Crippen molar-refractivity contribution in [3.05, 3.63) is 59.7 Å². The van der Waals surface area contributed by atoms with Crippen LogP contribution in [0.3, 0.4) is 0 Å². The Morgan fingerprint density at radius 3 is 2.03 bits per heavy atom. The van der Waals surface area contributed by atoms with E-state index in [4.69, 9.17) is 14.2 Å². The van der Waals surface area contributed by atoms with Crippen molar-refractivity contribution < 1.29 is 28.6 Å². The second kappa shape index (κ2) is 10.4. The molecule has 0 fully saturated rings. The standard InChI is InChI=1S/C23H27NO6/c1-15(2)21(23(27)30-5)24(22(26)16-9-7-6-8-10-16)14-18(25)17-11-12-19(28-3)20(13-17)29-4/h6-13,15,21H,14H2,1-5H3. The lowest BCUT2D eigenvalue weighted by Crippen LogP contribution is -2.50. The zero-order chi connectivity index (χ0) is 22.3. The number of hydrogen-bond acceptors (Lipinski definition) is 6. The molecule has 30 heavy (non-hydrogen) atoms. The molecule has 0 aliphatic rings. The van der Waals surface area contributed by atoms with Crippen molar-refractivity contribution in [2.75, 3.05) is 27.9 Å². The van der Waals surface area contributed by atoms with Gasteiger partial charge in [-0.25, -0.2) is 4.79 Å². The number of amides is 1. The van der Waals surface area contributed by atoms with Crippen LogP contribution in [0.4, 0.5) is 0 Å². The zero-order valence-electron chi connectivity index (χ0n) is 17.9. The minimum atomic E-state index is -0.910. The highest BCUT2D eigenvalue weighted by Crippen LogP contribution is 2.28. The summed E-state index contributed by atoms with van der Waals surface area (Å²) in [5, 5.41) is 0. The minimum absolute atomic E-state index is 0.261. The number of ketones is 1. The summed E-state index contributed by atoms with van der Waals surface area (Å²) in [5.74, 6) is -0.709. The molecule has 0 aliphatic carbocycles. The summed E-state index contributed by atoms with van der Waals surface area (Å²) in [6.07, 6.45) is 0. The summed E-state index contributed by atoms with van der Waals surface area (Å²) in [6.45, 7) is 3.31. The summed E-state index contributed by atoms with van der Waals surface area (Å²) in [4.78, 5) is 40.0. The van der Waals surface area contributed by atoms with Crippen LogP contribution in [0.2, 0.25) is 0 Å². The van der Waals surface area contributed by atoms with Crippen LogP contribution in [0.25, 0.3) is 0 Å². The molecule has 0 N–H and O–H groups in total. The van der Waals surface area contributed by atoms with Crippen molar-refractivity contribution in [3.8, 4) is 11.5 Å². The van der Waals surface area contributed by atoms with E-state index in [0.717, 1.165) is 0 Å². The molecule has 0 spiro atoms. The Bertz CT molecular complexity index is 894. The van der Waals surface area contributed by atoms with Crippen molar-refractivity contribution in [3.63, 3.8) is 0 Å². The largest absolute Gasteiger partial charge is 0.493 e. The number of nitrogens with zero attached hydrogens (tertiary/aromatic N) is 1. The molecule has 0 saturated carbocycles. The molecule has 0 aliphatic heterocycles. The van der Waals surface area contributed by atoms with E-state index < -0.39 is 17.9 Å². The third-order valence-electron chi connectivity index (χ3n) is 4.71. The Morgan fingerprint density at radius 1 is 0.867 bits per heavy atom. The number of carbonyl (C=O) groups excluding carboxylic acids is 3. The number of Topliss-reactive ketones (excluding diaryl/α,β-unsaturated/α-hetero) is 1. The van der Waals surface area contributed by atoms with Crippen LogP contribution in [0.5, 0.6) is 11.5 Å². The number of hydrogen-bond donors (Lipinski definition) is 0. The third kappa shape index (κ3) is 5.17. The van der Waals surface area contributed by atoms with Gasteiger partial charge in [0.05, 0.1) is 27.9 Å². The van der Waals surface area contributed by atoms with Crippen molar-refractivity contribution in [2.24, 2.45) is 5.92 Å². The molecule has 7 heteroatoms. The molecule has 2 aromatic rings. The molecule has 7 nitrogen and oxygen atoms in total. The van der Waals surface area contributed by atoms with Crippen LogP contribution in [0.15, 0.2) is 48.5 Å². The van der Waals surface area contributed by atoms with Gasteiger partial charge in [-0.3, -0.25) is 9.59 Å². The second-order valence-corrected chi connectivity index (χ2v) is 7.00. The molecule has 0 saturated heterocycles. The van der Waals surface area contributed by atoms with Gasteiger partial charge in [-0.2, -0.15) is 0 Å². The smallest absolute Gasteiger partial charge is 0.328 e. The molecule has 160 valence electrons. The highest BCUT2D eigenvalue weighted by Gasteiger charge is 2.35. The van der Waals surface area contributed by atoms with Gasteiger partial charge >= 0.3 is 5.97 Å². The molecule has 2 aromatic carbocycles. The Labute approximate surface area is 176 Å². The van der Waals surface area contributed by atoms with Crippen LogP contribution >= 0.6 is 0 Å².